The van der Waals surface area contributed by atoms with Crippen molar-refractivity contribution < 1.29 is 22.8 Å². The zero-order valence-corrected chi connectivity index (χ0v) is 13.6. The van der Waals surface area contributed by atoms with Gasteiger partial charge in [-0.3, -0.25) is 19.8 Å². The van der Waals surface area contributed by atoms with Gasteiger partial charge in [0.1, 0.15) is 5.57 Å². The lowest BCUT2D eigenvalue weighted by Crippen LogP contribution is -2.53. The van der Waals surface area contributed by atoms with Gasteiger partial charge in [-0.15, -0.1) is 6.58 Å². The molecule has 1 N–H and O–H groups in total. The Morgan fingerprint density at radius 2 is 2.00 bits per heavy atom. The molecule has 1 heterocycles. The fraction of sp³-hybridized carbons (Fsp3) is 0.133. The third kappa shape index (κ3) is 3.65. The van der Waals surface area contributed by atoms with Gasteiger partial charge in [-0.1, -0.05) is 17.7 Å². The molecule has 24 heavy (non-hydrogen) atoms. The number of hydrogen-bond donors (Lipinski definition) is 1. The molecule has 1 saturated heterocycles. The number of nitrogens with one attached hydrogen (secondary N) is 1. The summed E-state index contributed by atoms with van der Waals surface area (Å²) in [6, 6.07) is 2.63. The molecular formula is C15H10ClF3N2O2S. The Morgan fingerprint density at radius 3 is 2.58 bits per heavy atom. The molecule has 1 aromatic carbocycles. The fourth-order valence-corrected chi connectivity index (χ4v) is 2.40. The van der Waals surface area contributed by atoms with Gasteiger partial charge in [-0.05, 0) is 42.1 Å². The lowest BCUT2D eigenvalue weighted by molar-refractivity contribution is -0.137. The van der Waals surface area contributed by atoms with Gasteiger partial charge in [-0.25, -0.2) is 0 Å². The van der Waals surface area contributed by atoms with Crippen LogP contribution in [0.5, 0.6) is 0 Å². The summed E-state index contributed by atoms with van der Waals surface area (Å²) in [5.74, 6) is -1.55. The minimum Gasteiger partial charge on any atom is -0.298 e. The van der Waals surface area contributed by atoms with Gasteiger partial charge in [-0.2, -0.15) is 13.2 Å². The van der Waals surface area contributed by atoms with E-state index in [9.17, 15) is 22.8 Å². The van der Waals surface area contributed by atoms with Gasteiger partial charge in [0.05, 0.1) is 5.56 Å². The number of amides is 2. The van der Waals surface area contributed by atoms with Crippen molar-refractivity contribution in [3.8, 4) is 0 Å². The molecule has 1 fully saturated rings. The number of thiocarbonyl (C=S) groups is 1. The van der Waals surface area contributed by atoms with Crippen molar-refractivity contribution >= 4 is 46.8 Å². The van der Waals surface area contributed by atoms with E-state index in [0.717, 1.165) is 29.2 Å². The lowest BCUT2D eigenvalue weighted by atomic mass is 10.0. The molecule has 0 unspecified atom stereocenters. The summed E-state index contributed by atoms with van der Waals surface area (Å²) in [7, 11) is 0. The molecule has 0 spiro atoms. The van der Waals surface area contributed by atoms with E-state index in [2.05, 4.69) is 11.9 Å². The molecule has 0 bridgehead atoms. The van der Waals surface area contributed by atoms with Crippen molar-refractivity contribution in [1.82, 2.24) is 10.2 Å². The van der Waals surface area contributed by atoms with Crippen LogP contribution in [0.15, 0.2) is 36.4 Å². The smallest absolute Gasteiger partial charge is 0.298 e. The maximum Gasteiger partial charge on any atom is 0.416 e. The van der Waals surface area contributed by atoms with Crippen LogP contribution in [0.1, 0.15) is 11.1 Å². The third-order valence-electron chi connectivity index (χ3n) is 3.12. The van der Waals surface area contributed by atoms with Crippen LogP contribution in [-0.4, -0.2) is 28.4 Å². The predicted octanol–water partition coefficient (Wildman–Crippen LogP) is 3.17. The van der Waals surface area contributed by atoms with Crippen molar-refractivity contribution in [3.63, 3.8) is 0 Å². The van der Waals surface area contributed by atoms with Crippen LogP contribution in [0.4, 0.5) is 13.2 Å². The number of halogens is 4. The molecule has 1 aromatic rings. The normalized spacial score (nSPS) is 17.2. The quantitative estimate of drug-likeness (QED) is 0.382. The standard InChI is InChI=1S/C15H10ClF3N2O2S/c1-2-5-21-13(23)10(12(22)20-14(21)24)7-8-6-9(15(17,18)19)3-4-11(8)16/h2-4,6-7H,1,5H2,(H,20,22,24). The van der Waals surface area contributed by atoms with Crippen LogP contribution in [0.2, 0.25) is 5.02 Å². The molecule has 4 nitrogen and oxygen atoms in total. The number of rotatable bonds is 3. The number of alkyl halides is 3. The Labute approximate surface area is 145 Å². The van der Waals surface area contributed by atoms with Gasteiger partial charge in [0.15, 0.2) is 5.11 Å². The molecule has 1 aliphatic rings. The summed E-state index contributed by atoms with van der Waals surface area (Å²) in [6.07, 6.45) is -2.17. The summed E-state index contributed by atoms with van der Waals surface area (Å²) in [5.41, 5.74) is -1.41. The lowest BCUT2D eigenvalue weighted by Gasteiger charge is -2.27. The first-order chi connectivity index (χ1) is 11.1. The fourth-order valence-electron chi connectivity index (χ4n) is 1.98. The summed E-state index contributed by atoms with van der Waals surface area (Å²) < 4.78 is 38.4. The molecule has 0 saturated carbocycles. The van der Waals surface area contributed by atoms with Crippen LogP contribution < -0.4 is 5.32 Å². The molecule has 126 valence electrons. The number of carbonyl (C=O) groups is 2. The van der Waals surface area contributed by atoms with Gasteiger partial charge < -0.3 is 0 Å². The molecule has 2 rings (SSSR count). The van der Waals surface area contributed by atoms with E-state index in [4.69, 9.17) is 23.8 Å². The topological polar surface area (TPSA) is 49.4 Å². The van der Waals surface area contributed by atoms with E-state index in [1.807, 2.05) is 0 Å². The van der Waals surface area contributed by atoms with Crippen molar-refractivity contribution in [1.29, 1.82) is 0 Å². The van der Waals surface area contributed by atoms with Gasteiger partial charge in [0.2, 0.25) is 0 Å². The molecule has 0 aliphatic carbocycles. The van der Waals surface area contributed by atoms with Crippen molar-refractivity contribution in [2.75, 3.05) is 6.54 Å². The van der Waals surface area contributed by atoms with Gasteiger partial charge in [0, 0.05) is 11.6 Å². The molecule has 0 radical (unpaired) electrons. The number of benzene rings is 1. The van der Waals surface area contributed by atoms with Gasteiger partial charge >= 0.3 is 6.18 Å². The molecule has 2 amide bonds. The summed E-state index contributed by atoms with van der Waals surface area (Å²) in [4.78, 5) is 25.4. The van der Waals surface area contributed by atoms with E-state index in [1.54, 1.807) is 0 Å². The first-order valence-electron chi connectivity index (χ1n) is 6.51. The minimum absolute atomic E-state index is 0.0282. The van der Waals surface area contributed by atoms with Crippen molar-refractivity contribution in [3.05, 3.63) is 52.6 Å². The molecule has 1 aliphatic heterocycles. The molecule has 0 atom stereocenters. The zero-order valence-electron chi connectivity index (χ0n) is 12.0. The third-order valence-corrected chi connectivity index (χ3v) is 3.79. The van der Waals surface area contributed by atoms with E-state index >= 15 is 0 Å². The Morgan fingerprint density at radius 1 is 1.33 bits per heavy atom. The summed E-state index contributed by atoms with van der Waals surface area (Å²) in [5, 5.41) is 2.17. The van der Waals surface area contributed by atoms with Crippen LogP contribution in [-0.2, 0) is 15.8 Å². The summed E-state index contributed by atoms with van der Waals surface area (Å²) >= 11 is 10.8. The highest BCUT2D eigenvalue weighted by Gasteiger charge is 2.34. The minimum atomic E-state index is -4.58. The highest BCUT2D eigenvalue weighted by molar-refractivity contribution is 7.80. The first-order valence-corrected chi connectivity index (χ1v) is 7.30. The number of carbonyl (C=O) groups excluding carboxylic acids is 2. The van der Waals surface area contributed by atoms with Crippen LogP contribution in [0.25, 0.3) is 6.08 Å². The Hall–Kier alpha value is -2.19. The average molecular weight is 375 g/mol. The zero-order chi connectivity index (χ0) is 18.1. The Balaban J connectivity index is 2.49. The molecule has 0 aromatic heterocycles. The van der Waals surface area contributed by atoms with Crippen LogP contribution in [0, 0.1) is 0 Å². The second kappa shape index (κ2) is 6.74. The predicted molar refractivity (Wildman–Crippen MR) is 87.1 cm³/mol. The van der Waals surface area contributed by atoms with Crippen LogP contribution >= 0.6 is 23.8 Å². The molecule has 9 heteroatoms. The van der Waals surface area contributed by atoms with Gasteiger partial charge in [0.25, 0.3) is 11.8 Å². The highest BCUT2D eigenvalue weighted by Crippen LogP contribution is 2.32. The summed E-state index contributed by atoms with van der Waals surface area (Å²) in [6.45, 7) is 3.52. The average Bonchev–Trinajstić information content (AvgIpc) is 2.48. The number of hydrogen-bond acceptors (Lipinski definition) is 3. The Bertz CT molecular complexity index is 774. The van der Waals surface area contributed by atoms with E-state index in [-0.39, 0.29) is 27.8 Å². The van der Waals surface area contributed by atoms with E-state index in [0.29, 0.717) is 0 Å². The van der Waals surface area contributed by atoms with Crippen LogP contribution in [0.3, 0.4) is 0 Å². The second-order valence-electron chi connectivity index (χ2n) is 4.76. The first kappa shape index (κ1) is 18.2. The monoisotopic (exact) mass is 374 g/mol. The van der Waals surface area contributed by atoms with E-state index in [1.165, 1.54) is 6.08 Å². The Kier molecular flexibility index (Phi) is 5.10. The SMILES string of the molecule is C=CCN1C(=O)C(=Cc2cc(C(F)(F)F)ccc2Cl)C(=O)NC1=S. The maximum absolute atomic E-state index is 12.8. The second-order valence-corrected chi connectivity index (χ2v) is 5.55. The maximum atomic E-state index is 12.8. The highest BCUT2D eigenvalue weighted by atomic mass is 35.5. The van der Waals surface area contributed by atoms with Crippen molar-refractivity contribution in [2.24, 2.45) is 0 Å². The van der Waals surface area contributed by atoms with E-state index < -0.39 is 23.6 Å². The number of nitrogens with zero attached hydrogens (tertiary/aromatic N) is 1. The molecular weight excluding hydrogens is 365 g/mol. The largest absolute Gasteiger partial charge is 0.416 e. The van der Waals surface area contributed by atoms with Crippen molar-refractivity contribution in [2.45, 2.75) is 6.18 Å².